The summed E-state index contributed by atoms with van der Waals surface area (Å²) in [6.45, 7) is 9.84. The SMILES string of the molecule is Cc1ccc(-c2ccc(CNCC(C)N3CCOCC3)o2)cc1. The van der Waals surface area contributed by atoms with Crippen molar-refractivity contribution in [3.05, 3.63) is 47.7 Å². The Morgan fingerprint density at radius 2 is 1.83 bits per heavy atom. The normalized spacial score (nSPS) is 17.3. The average molecular weight is 314 g/mol. The van der Waals surface area contributed by atoms with Gasteiger partial charge in [0.1, 0.15) is 11.5 Å². The fourth-order valence-corrected chi connectivity index (χ4v) is 2.90. The van der Waals surface area contributed by atoms with Crippen molar-refractivity contribution in [1.29, 1.82) is 0 Å². The summed E-state index contributed by atoms with van der Waals surface area (Å²) in [5.74, 6) is 1.91. The van der Waals surface area contributed by atoms with Gasteiger partial charge in [-0.15, -0.1) is 0 Å². The Kier molecular flexibility index (Phi) is 5.49. The van der Waals surface area contributed by atoms with E-state index in [1.165, 1.54) is 5.56 Å². The van der Waals surface area contributed by atoms with Crippen LogP contribution < -0.4 is 5.32 Å². The van der Waals surface area contributed by atoms with Crippen LogP contribution in [0.3, 0.4) is 0 Å². The molecule has 0 amide bonds. The molecule has 1 aliphatic heterocycles. The molecule has 1 unspecified atom stereocenters. The second-order valence-electron chi connectivity index (χ2n) is 6.26. The molecule has 124 valence electrons. The minimum Gasteiger partial charge on any atom is -0.460 e. The molecule has 2 aromatic rings. The first-order chi connectivity index (χ1) is 11.2. The van der Waals surface area contributed by atoms with Crippen molar-refractivity contribution in [3.63, 3.8) is 0 Å². The van der Waals surface area contributed by atoms with E-state index in [4.69, 9.17) is 9.15 Å². The lowest BCUT2D eigenvalue weighted by Gasteiger charge is -2.32. The van der Waals surface area contributed by atoms with Gasteiger partial charge in [-0.3, -0.25) is 4.90 Å². The third-order valence-corrected chi connectivity index (χ3v) is 4.41. The molecule has 0 saturated carbocycles. The fourth-order valence-electron chi connectivity index (χ4n) is 2.90. The Labute approximate surface area is 138 Å². The van der Waals surface area contributed by atoms with Crippen LogP contribution in [0.5, 0.6) is 0 Å². The van der Waals surface area contributed by atoms with E-state index >= 15 is 0 Å². The summed E-state index contributed by atoms with van der Waals surface area (Å²) in [4.78, 5) is 2.47. The van der Waals surface area contributed by atoms with E-state index < -0.39 is 0 Å². The third kappa shape index (κ3) is 4.44. The average Bonchev–Trinajstić information content (AvgIpc) is 3.05. The smallest absolute Gasteiger partial charge is 0.134 e. The number of hydrogen-bond donors (Lipinski definition) is 1. The van der Waals surface area contributed by atoms with Crippen molar-refractivity contribution in [3.8, 4) is 11.3 Å². The largest absolute Gasteiger partial charge is 0.460 e. The van der Waals surface area contributed by atoms with Gasteiger partial charge in [-0.2, -0.15) is 0 Å². The molecule has 1 N–H and O–H groups in total. The van der Waals surface area contributed by atoms with Crippen LogP contribution in [0.1, 0.15) is 18.2 Å². The van der Waals surface area contributed by atoms with Gasteiger partial charge >= 0.3 is 0 Å². The van der Waals surface area contributed by atoms with Gasteiger partial charge in [0.05, 0.1) is 19.8 Å². The Morgan fingerprint density at radius 1 is 1.09 bits per heavy atom. The number of aryl methyl sites for hydroxylation is 1. The Morgan fingerprint density at radius 3 is 2.57 bits per heavy atom. The van der Waals surface area contributed by atoms with E-state index in [2.05, 4.69) is 54.4 Å². The predicted octanol–water partition coefficient (Wildman–Crippen LogP) is 3.07. The summed E-state index contributed by atoms with van der Waals surface area (Å²) in [6.07, 6.45) is 0. The first-order valence-corrected chi connectivity index (χ1v) is 8.40. The molecule has 1 aromatic heterocycles. The monoisotopic (exact) mass is 314 g/mol. The maximum atomic E-state index is 5.94. The summed E-state index contributed by atoms with van der Waals surface area (Å²) in [6, 6.07) is 13.1. The van der Waals surface area contributed by atoms with Gasteiger partial charge in [0.25, 0.3) is 0 Å². The fraction of sp³-hybridized carbons (Fsp3) is 0.474. The zero-order chi connectivity index (χ0) is 16.1. The number of ether oxygens (including phenoxy) is 1. The van der Waals surface area contributed by atoms with Gasteiger partial charge in [0.2, 0.25) is 0 Å². The van der Waals surface area contributed by atoms with Crippen molar-refractivity contribution in [1.82, 2.24) is 10.2 Å². The topological polar surface area (TPSA) is 37.6 Å². The summed E-state index contributed by atoms with van der Waals surface area (Å²) in [7, 11) is 0. The van der Waals surface area contributed by atoms with E-state index in [9.17, 15) is 0 Å². The van der Waals surface area contributed by atoms with Gasteiger partial charge in [0.15, 0.2) is 0 Å². The van der Waals surface area contributed by atoms with Crippen LogP contribution >= 0.6 is 0 Å². The third-order valence-electron chi connectivity index (χ3n) is 4.41. The molecule has 4 heteroatoms. The van der Waals surface area contributed by atoms with Crippen molar-refractivity contribution >= 4 is 0 Å². The van der Waals surface area contributed by atoms with Crippen molar-refractivity contribution in [2.45, 2.75) is 26.4 Å². The molecule has 0 radical (unpaired) electrons. The molecule has 2 heterocycles. The summed E-state index contributed by atoms with van der Waals surface area (Å²) >= 11 is 0. The van der Waals surface area contributed by atoms with E-state index in [1.54, 1.807) is 0 Å². The second-order valence-corrected chi connectivity index (χ2v) is 6.26. The number of nitrogens with zero attached hydrogens (tertiary/aromatic N) is 1. The molecule has 1 fully saturated rings. The molecule has 1 aromatic carbocycles. The summed E-state index contributed by atoms with van der Waals surface area (Å²) in [5, 5.41) is 3.50. The molecule has 23 heavy (non-hydrogen) atoms. The van der Waals surface area contributed by atoms with Gasteiger partial charge in [-0.1, -0.05) is 29.8 Å². The summed E-state index contributed by atoms with van der Waals surface area (Å²) < 4.78 is 11.3. The molecule has 0 bridgehead atoms. The molecule has 1 atom stereocenters. The second kappa shape index (κ2) is 7.77. The van der Waals surface area contributed by atoms with Crippen LogP contribution in [0.15, 0.2) is 40.8 Å². The molecular weight excluding hydrogens is 288 g/mol. The zero-order valence-electron chi connectivity index (χ0n) is 14.0. The van der Waals surface area contributed by atoms with Crippen LogP contribution in [0.4, 0.5) is 0 Å². The van der Waals surface area contributed by atoms with Crippen molar-refractivity contribution in [2.24, 2.45) is 0 Å². The Hall–Kier alpha value is -1.62. The minimum absolute atomic E-state index is 0.519. The first kappa shape index (κ1) is 16.2. The van der Waals surface area contributed by atoms with Crippen LogP contribution in [0, 0.1) is 6.92 Å². The van der Waals surface area contributed by atoms with Crippen LogP contribution in [0.25, 0.3) is 11.3 Å². The number of nitrogens with one attached hydrogen (secondary N) is 1. The number of rotatable bonds is 6. The van der Waals surface area contributed by atoms with Crippen LogP contribution in [0.2, 0.25) is 0 Å². The van der Waals surface area contributed by atoms with E-state index in [0.29, 0.717) is 6.04 Å². The van der Waals surface area contributed by atoms with Gasteiger partial charge in [-0.05, 0) is 26.0 Å². The highest BCUT2D eigenvalue weighted by Gasteiger charge is 2.16. The lowest BCUT2D eigenvalue weighted by Crippen LogP contribution is -2.46. The highest BCUT2D eigenvalue weighted by atomic mass is 16.5. The molecule has 4 nitrogen and oxygen atoms in total. The number of morpholine rings is 1. The molecule has 0 spiro atoms. The molecule has 1 aliphatic rings. The highest BCUT2D eigenvalue weighted by Crippen LogP contribution is 2.22. The quantitative estimate of drug-likeness (QED) is 0.889. The van der Waals surface area contributed by atoms with E-state index in [0.717, 1.165) is 56.5 Å². The Balaban J connectivity index is 1.48. The summed E-state index contributed by atoms with van der Waals surface area (Å²) in [5.41, 5.74) is 2.39. The van der Waals surface area contributed by atoms with Gasteiger partial charge in [0, 0.05) is 31.2 Å². The molecule has 3 rings (SSSR count). The predicted molar refractivity (Wildman–Crippen MR) is 92.4 cm³/mol. The lowest BCUT2D eigenvalue weighted by atomic mass is 10.1. The molecule has 0 aliphatic carbocycles. The van der Waals surface area contributed by atoms with Gasteiger partial charge < -0.3 is 14.5 Å². The lowest BCUT2D eigenvalue weighted by molar-refractivity contribution is 0.0203. The molecular formula is C19H26N2O2. The maximum Gasteiger partial charge on any atom is 0.134 e. The zero-order valence-corrected chi connectivity index (χ0v) is 14.0. The van der Waals surface area contributed by atoms with E-state index in [-0.39, 0.29) is 0 Å². The van der Waals surface area contributed by atoms with Gasteiger partial charge in [-0.25, -0.2) is 0 Å². The standard InChI is InChI=1S/C19H26N2O2/c1-15-3-5-17(6-4-15)19-8-7-18(23-19)14-20-13-16(2)21-9-11-22-12-10-21/h3-8,16,20H,9-14H2,1-2H3. The van der Waals surface area contributed by atoms with Crippen LogP contribution in [-0.2, 0) is 11.3 Å². The van der Waals surface area contributed by atoms with E-state index in [1.807, 2.05) is 6.07 Å². The minimum atomic E-state index is 0.519. The van der Waals surface area contributed by atoms with Crippen molar-refractivity contribution in [2.75, 3.05) is 32.8 Å². The first-order valence-electron chi connectivity index (χ1n) is 8.40. The number of furan rings is 1. The maximum absolute atomic E-state index is 5.94. The number of benzene rings is 1. The van der Waals surface area contributed by atoms with Crippen molar-refractivity contribution < 1.29 is 9.15 Å². The van der Waals surface area contributed by atoms with Crippen LogP contribution in [-0.4, -0.2) is 43.8 Å². The Bertz CT molecular complexity index is 600. The number of hydrogen-bond acceptors (Lipinski definition) is 4. The molecule has 1 saturated heterocycles. The highest BCUT2D eigenvalue weighted by molar-refractivity contribution is 5.57.